The average molecular weight is 282 g/mol. The number of aliphatic hydroxyl groups is 1. The summed E-state index contributed by atoms with van der Waals surface area (Å²) < 4.78 is 0. The second-order valence-electron chi connectivity index (χ2n) is 3.77. The van der Waals surface area contributed by atoms with Crippen LogP contribution in [0.3, 0.4) is 0 Å². The monoisotopic (exact) mass is 281 g/mol. The molecule has 106 valence electrons. The highest BCUT2D eigenvalue weighted by molar-refractivity contribution is 5.85. The Morgan fingerprint density at radius 1 is 1.44 bits per heavy atom. The summed E-state index contributed by atoms with van der Waals surface area (Å²) in [6, 6.07) is 0. The number of nitrogens with zero attached hydrogens (tertiary/aromatic N) is 4. The summed E-state index contributed by atoms with van der Waals surface area (Å²) in [7, 11) is 0. The normalized spacial score (nSPS) is 16.0. The molecule has 8 nitrogen and oxygen atoms in total. The molecule has 0 saturated carbocycles. The van der Waals surface area contributed by atoms with Crippen LogP contribution in [0.4, 0.5) is 0 Å². The SMILES string of the molecule is CCN(CC)CC(O)CN1C=CN([N+](=O)[O-])N1.Cl. The molecule has 2 N–H and O–H groups in total. The van der Waals surface area contributed by atoms with Gasteiger partial charge in [-0.25, -0.2) is 10.1 Å². The molecule has 0 bridgehead atoms. The minimum atomic E-state index is -0.576. The van der Waals surface area contributed by atoms with Gasteiger partial charge in [0.1, 0.15) is 6.20 Å². The zero-order valence-corrected chi connectivity index (χ0v) is 11.3. The van der Waals surface area contributed by atoms with Crippen molar-refractivity contribution < 1.29 is 10.1 Å². The first-order chi connectivity index (χ1) is 8.06. The Kier molecular flexibility index (Phi) is 7.60. The van der Waals surface area contributed by atoms with Crippen LogP contribution in [0.2, 0.25) is 0 Å². The standard InChI is InChI=1S/C9H19N5O3.ClH/c1-3-11(4-2)7-9(15)8-12-5-6-13(10-12)14(16)17;/h5-6,9-10,15H,3-4,7-8H2,1-2H3;1H. The van der Waals surface area contributed by atoms with Crippen LogP contribution in [0.1, 0.15) is 13.8 Å². The van der Waals surface area contributed by atoms with Crippen molar-refractivity contribution in [1.82, 2.24) is 20.6 Å². The van der Waals surface area contributed by atoms with Gasteiger partial charge in [0, 0.05) is 12.7 Å². The Labute approximate surface area is 112 Å². The summed E-state index contributed by atoms with van der Waals surface area (Å²) in [5.41, 5.74) is 2.51. The second-order valence-corrected chi connectivity index (χ2v) is 3.77. The number of halogens is 1. The molecule has 1 aliphatic heterocycles. The number of hydrogen-bond acceptors (Lipinski definition) is 6. The van der Waals surface area contributed by atoms with Crippen LogP contribution in [-0.4, -0.2) is 57.4 Å². The summed E-state index contributed by atoms with van der Waals surface area (Å²) >= 11 is 0. The second kappa shape index (κ2) is 8.09. The van der Waals surface area contributed by atoms with E-state index < -0.39 is 11.1 Å². The summed E-state index contributed by atoms with van der Waals surface area (Å²) in [6.07, 6.45) is 2.26. The minimum Gasteiger partial charge on any atom is -0.390 e. The third kappa shape index (κ3) is 5.05. The fraction of sp³-hybridized carbons (Fsp3) is 0.778. The summed E-state index contributed by atoms with van der Waals surface area (Å²) in [5, 5.41) is 21.9. The van der Waals surface area contributed by atoms with Crippen molar-refractivity contribution in [2.75, 3.05) is 26.2 Å². The van der Waals surface area contributed by atoms with E-state index in [-0.39, 0.29) is 12.4 Å². The van der Waals surface area contributed by atoms with Gasteiger partial charge in [-0.05, 0) is 18.2 Å². The first kappa shape index (κ1) is 16.9. The van der Waals surface area contributed by atoms with E-state index in [1.165, 1.54) is 17.4 Å². The van der Waals surface area contributed by atoms with Gasteiger partial charge in [-0.15, -0.1) is 12.4 Å². The highest BCUT2D eigenvalue weighted by Crippen LogP contribution is 2.02. The lowest BCUT2D eigenvalue weighted by Crippen LogP contribution is -2.47. The number of likely N-dealkylation sites (N-methyl/N-ethyl adjacent to an activating group) is 1. The largest absolute Gasteiger partial charge is 0.390 e. The third-order valence-electron chi connectivity index (χ3n) is 2.57. The van der Waals surface area contributed by atoms with E-state index in [0.717, 1.165) is 18.2 Å². The molecule has 0 aromatic carbocycles. The molecular formula is C9H20ClN5O3. The Hall–Kier alpha value is -1.09. The lowest BCUT2D eigenvalue weighted by atomic mass is 10.3. The number of β-amino-alcohol motifs (C(OH)–C–C–N with tert-alkyl or cyclic N) is 1. The first-order valence-electron chi connectivity index (χ1n) is 5.62. The van der Waals surface area contributed by atoms with Crippen LogP contribution in [0.5, 0.6) is 0 Å². The maximum absolute atomic E-state index is 10.4. The van der Waals surface area contributed by atoms with Crippen molar-refractivity contribution in [3.05, 3.63) is 22.5 Å². The van der Waals surface area contributed by atoms with Crippen LogP contribution in [0.15, 0.2) is 12.4 Å². The molecule has 1 atom stereocenters. The van der Waals surface area contributed by atoms with Gasteiger partial charge < -0.3 is 10.0 Å². The zero-order valence-electron chi connectivity index (χ0n) is 10.5. The Morgan fingerprint density at radius 3 is 2.50 bits per heavy atom. The van der Waals surface area contributed by atoms with E-state index in [2.05, 4.69) is 10.4 Å². The van der Waals surface area contributed by atoms with Crippen LogP contribution in [-0.2, 0) is 0 Å². The average Bonchev–Trinajstić information content (AvgIpc) is 2.74. The molecule has 0 fully saturated rings. The minimum absolute atomic E-state index is 0. The quantitative estimate of drug-likeness (QED) is 0.494. The van der Waals surface area contributed by atoms with Crippen molar-refractivity contribution in [1.29, 1.82) is 0 Å². The molecule has 0 spiro atoms. The smallest absolute Gasteiger partial charge is 0.182 e. The molecule has 9 heteroatoms. The van der Waals surface area contributed by atoms with Crippen molar-refractivity contribution in [3.63, 3.8) is 0 Å². The number of rotatable bonds is 7. The maximum atomic E-state index is 10.4. The molecule has 0 aliphatic carbocycles. The van der Waals surface area contributed by atoms with Gasteiger partial charge in [0.2, 0.25) is 0 Å². The van der Waals surface area contributed by atoms with Crippen molar-refractivity contribution in [3.8, 4) is 0 Å². The zero-order chi connectivity index (χ0) is 12.8. The lowest BCUT2D eigenvalue weighted by Gasteiger charge is -2.25. The summed E-state index contributed by atoms with van der Waals surface area (Å²) in [4.78, 5) is 12.5. The molecule has 0 aromatic rings. The van der Waals surface area contributed by atoms with E-state index in [4.69, 9.17) is 0 Å². The van der Waals surface area contributed by atoms with Gasteiger partial charge in [-0.3, -0.25) is 5.01 Å². The van der Waals surface area contributed by atoms with E-state index in [0.29, 0.717) is 13.1 Å². The third-order valence-corrected chi connectivity index (χ3v) is 2.57. The number of hydrazine groups is 3. The van der Waals surface area contributed by atoms with Crippen LogP contribution in [0.25, 0.3) is 0 Å². The molecule has 1 rings (SSSR count). The van der Waals surface area contributed by atoms with E-state index >= 15 is 0 Å². The first-order valence-corrected chi connectivity index (χ1v) is 5.62. The number of nitrogens with one attached hydrogen (secondary N) is 1. The number of hydrogen-bond donors (Lipinski definition) is 2. The van der Waals surface area contributed by atoms with Gasteiger partial charge in [0.15, 0.2) is 5.03 Å². The van der Waals surface area contributed by atoms with Crippen molar-refractivity contribution >= 4 is 12.4 Å². The Morgan fingerprint density at radius 2 is 2.06 bits per heavy atom. The highest BCUT2D eigenvalue weighted by Gasteiger charge is 2.22. The van der Waals surface area contributed by atoms with Crippen LogP contribution < -0.4 is 5.53 Å². The molecule has 0 saturated heterocycles. The predicted molar refractivity (Wildman–Crippen MR) is 68.9 cm³/mol. The molecule has 0 aromatic heterocycles. The molecule has 1 heterocycles. The number of aliphatic hydroxyl groups excluding tert-OH is 1. The maximum Gasteiger partial charge on any atom is 0.182 e. The summed E-state index contributed by atoms with van der Waals surface area (Å²) in [5.74, 6) is 0. The topological polar surface area (TPSA) is 85.1 Å². The van der Waals surface area contributed by atoms with E-state index in [9.17, 15) is 15.2 Å². The van der Waals surface area contributed by atoms with Gasteiger partial charge in [0.05, 0.1) is 12.6 Å². The predicted octanol–water partition coefficient (Wildman–Crippen LogP) is -0.189. The Bertz CT molecular complexity index is 287. The Balaban J connectivity index is 0.00000289. The van der Waals surface area contributed by atoms with Gasteiger partial charge in [-0.1, -0.05) is 19.4 Å². The van der Waals surface area contributed by atoms with E-state index in [1.54, 1.807) is 0 Å². The number of nitro groups is 1. The molecular weight excluding hydrogens is 262 g/mol. The van der Waals surface area contributed by atoms with Gasteiger partial charge in [-0.2, -0.15) is 0 Å². The molecule has 18 heavy (non-hydrogen) atoms. The summed E-state index contributed by atoms with van der Waals surface area (Å²) in [6.45, 7) is 6.65. The molecule has 0 amide bonds. The highest BCUT2D eigenvalue weighted by atomic mass is 35.5. The van der Waals surface area contributed by atoms with Crippen molar-refractivity contribution in [2.24, 2.45) is 0 Å². The van der Waals surface area contributed by atoms with E-state index in [1.807, 2.05) is 13.8 Å². The van der Waals surface area contributed by atoms with Gasteiger partial charge >= 0.3 is 0 Å². The molecule has 1 aliphatic rings. The molecule has 0 radical (unpaired) electrons. The lowest BCUT2D eigenvalue weighted by molar-refractivity contribution is -0.657. The van der Waals surface area contributed by atoms with Crippen LogP contribution in [0, 0.1) is 10.1 Å². The van der Waals surface area contributed by atoms with Crippen molar-refractivity contribution in [2.45, 2.75) is 20.0 Å². The molecule has 1 unspecified atom stereocenters. The fourth-order valence-corrected chi connectivity index (χ4v) is 1.60. The fourth-order valence-electron chi connectivity index (χ4n) is 1.60. The van der Waals surface area contributed by atoms with Gasteiger partial charge in [0.25, 0.3) is 0 Å². The van der Waals surface area contributed by atoms with Crippen LogP contribution >= 0.6 is 12.4 Å².